The van der Waals surface area contributed by atoms with E-state index in [1.165, 1.54) is 5.56 Å². The Morgan fingerprint density at radius 2 is 1.71 bits per heavy atom. The van der Waals surface area contributed by atoms with Gasteiger partial charge in [0.25, 0.3) is 5.56 Å². The van der Waals surface area contributed by atoms with Crippen molar-refractivity contribution in [2.45, 2.75) is 45.1 Å². The van der Waals surface area contributed by atoms with Crippen molar-refractivity contribution in [1.82, 2.24) is 15.3 Å². The van der Waals surface area contributed by atoms with E-state index in [0.717, 1.165) is 28.8 Å². The van der Waals surface area contributed by atoms with E-state index in [-0.39, 0.29) is 22.9 Å². The Morgan fingerprint density at radius 3 is 2.29 bits per heavy atom. The molecular formula is C26H27N3O2. The molecule has 0 spiro atoms. The molecule has 1 saturated heterocycles. The van der Waals surface area contributed by atoms with Gasteiger partial charge in [-0.25, -0.2) is 0 Å². The van der Waals surface area contributed by atoms with E-state index in [1.54, 1.807) is 12.4 Å². The van der Waals surface area contributed by atoms with Crippen LogP contribution < -0.4 is 10.9 Å². The van der Waals surface area contributed by atoms with E-state index in [2.05, 4.69) is 60.3 Å². The third kappa shape index (κ3) is 4.66. The summed E-state index contributed by atoms with van der Waals surface area (Å²) in [6.45, 7) is 6.55. The molecule has 31 heavy (non-hydrogen) atoms. The van der Waals surface area contributed by atoms with Crippen LogP contribution in [-0.2, 0) is 10.2 Å². The molecule has 2 aromatic heterocycles. The molecule has 0 aliphatic carbocycles. The molecule has 0 radical (unpaired) electrons. The second-order valence-corrected chi connectivity index (χ2v) is 8.97. The van der Waals surface area contributed by atoms with E-state index < -0.39 is 0 Å². The fraction of sp³-hybridized carbons (Fsp3) is 0.269. The maximum absolute atomic E-state index is 12.9. The number of nitrogens with one attached hydrogen (secondary N) is 2. The molecule has 4 rings (SSSR count). The summed E-state index contributed by atoms with van der Waals surface area (Å²) in [5, 5.41) is 3.00. The fourth-order valence-corrected chi connectivity index (χ4v) is 3.84. The molecule has 2 N–H and O–H groups in total. The molecule has 1 aromatic carbocycles. The van der Waals surface area contributed by atoms with Gasteiger partial charge in [0.15, 0.2) is 0 Å². The smallest absolute Gasteiger partial charge is 0.256 e. The van der Waals surface area contributed by atoms with Crippen LogP contribution in [0.5, 0.6) is 0 Å². The Hall–Kier alpha value is -3.47. The van der Waals surface area contributed by atoms with Gasteiger partial charge < -0.3 is 10.3 Å². The molecule has 1 atom stereocenters. The van der Waals surface area contributed by atoms with Gasteiger partial charge in [-0.15, -0.1) is 0 Å². The third-order valence-electron chi connectivity index (χ3n) is 5.65. The first kappa shape index (κ1) is 20.8. The molecule has 0 bridgehead atoms. The molecule has 0 unspecified atom stereocenters. The van der Waals surface area contributed by atoms with Gasteiger partial charge in [-0.2, -0.15) is 0 Å². The molecule has 5 nitrogen and oxygen atoms in total. The molecule has 1 amide bonds. The highest BCUT2D eigenvalue weighted by Crippen LogP contribution is 2.28. The average molecular weight is 414 g/mol. The molecule has 1 aliphatic heterocycles. The lowest BCUT2D eigenvalue weighted by Gasteiger charge is -2.20. The van der Waals surface area contributed by atoms with Crippen molar-refractivity contribution in [1.29, 1.82) is 0 Å². The number of benzene rings is 1. The van der Waals surface area contributed by atoms with Crippen LogP contribution in [0.3, 0.4) is 0 Å². The highest BCUT2D eigenvalue weighted by Gasteiger charge is 2.21. The summed E-state index contributed by atoms with van der Waals surface area (Å²) in [6, 6.07) is 15.8. The topological polar surface area (TPSA) is 74.8 Å². The van der Waals surface area contributed by atoms with Crippen LogP contribution in [0.25, 0.3) is 16.7 Å². The number of aromatic amines is 1. The van der Waals surface area contributed by atoms with E-state index >= 15 is 0 Å². The standard InChI is InChI=1S/C26H27N3O2/c1-26(2,3)19-6-4-17(5-7-19)22(16-20-8-11-24(30)28-20)23-10-9-21(25(31)29-23)18-12-14-27-15-13-18/h4-7,9-10,12-16,20H,8,11H2,1-3H3,(H,28,30)(H,29,31)/t20-/m1/s1. The summed E-state index contributed by atoms with van der Waals surface area (Å²) in [7, 11) is 0. The summed E-state index contributed by atoms with van der Waals surface area (Å²) in [5.41, 5.74) is 5.21. The number of carbonyl (C=O) groups is 1. The van der Waals surface area contributed by atoms with Crippen molar-refractivity contribution < 1.29 is 4.79 Å². The van der Waals surface area contributed by atoms with Gasteiger partial charge in [0.2, 0.25) is 5.91 Å². The van der Waals surface area contributed by atoms with E-state index in [9.17, 15) is 9.59 Å². The largest absolute Gasteiger partial charge is 0.350 e. The Kier molecular flexibility index (Phi) is 5.59. The lowest BCUT2D eigenvalue weighted by atomic mass is 9.86. The highest BCUT2D eigenvalue weighted by atomic mass is 16.2. The Morgan fingerprint density at radius 1 is 1.00 bits per heavy atom. The molecule has 1 fully saturated rings. The zero-order valence-corrected chi connectivity index (χ0v) is 18.1. The van der Waals surface area contributed by atoms with Gasteiger partial charge in [0.1, 0.15) is 0 Å². The van der Waals surface area contributed by atoms with Gasteiger partial charge in [-0.3, -0.25) is 14.6 Å². The van der Waals surface area contributed by atoms with Crippen LogP contribution in [0.2, 0.25) is 0 Å². The van der Waals surface area contributed by atoms with Crippen LogP contribution >= 0.6 is 0 Å². The predicted molar refractivity (Wildman–Crippen MR) is 124 cm³/mol. The van der Waals surface area contributed by atoms with Gasteiger partial charge in [-0.1, -0.05) is 51.1 Å². The summed E-state index contributed by atoms with van der Waals surface area (Å²) < 4.78 is 0. The van der Waals surface area contributed by atoms with Crippen LogP contribution in [-0.4, -0.2) is 21.9 Å². The van der Waals surface area contributed by atoms with Crippen molar-refractivity contribution >= 4 is 11.5 Å². The summed E-state index contributed by atoms with van der Waals surface area (Å²) in [6.07, 6.45) is 6.67. The minimum absolute atomic E-state index is 0.0480. The first-order valence-corrected chi connectivity index (χ1v) is 10.6. The number of carbonyl (C=O) groups excluding carboxylic acids is 1. The van der Waals surface area contributed by atoms with Crippen LogP contribution in [0.15, 0.2) is 71.8 Å². The summed E-state index contributed by atoms with van der Waals surface area (Å²) in [4.78, 5) is 31.7. The second-order valence-electron chi connectivity index (χ2n) is 8.97. The van der Waals surface area contributed by atoms with E-state index in [4.69, 9.17) is 0 Å². The summed E-state index contributed by atoms with van der Waals surface area (Å²) >= 11 is 0. The minimum Gasteiger partial charge on any atom is -0.350 e. The predicted octanol–water partition coefficient (Wildman–Crippen LogP) is 4.44. The Balaban J connectivity index is 1.76. The quantitative estimate of drug-likeness (QED) is 0.664. The highest BCUT2D eigenvalue weighted by molar-refractivity contribution is 5.82. The molecule has 5 heteroatoms. The fourth-order valence-electron chi connectivity index (χ4n) is 3.84. The minimum atomic E-state index is -0.156. The van der Waals surface area contributed by atoms with Crippen molar-refractivity contribution in [2.75, 3.05) is 0 Å². The molecule has 0 saturated carbocycles. The molecule has 158 valence electrons. The first-order valence-electron chi connectivity index (χ1n) is 10.6. The van der Waals surface area contributed by atoms with Crippen LogP contribution in [0.4, 0.5) is 0 Å². The number of hydrogen-bond donors (Lipinski definition) is 2. The lowest BCUT2D eigenvalue weighted by molar-refractivity contribution is -0.119. The van der Waals surface area contributed by atoms with E-state index in [0.29, 0.717) is 12.0 Å². The Bertz CT molecular complexity index is 1170. The normalized spacial score (nSPS) is 16.9. The SMILES string of the molecule is CC(C)(C)c1ccc(C(=C[C@H]2CCC(=O)N2)c2ccc(-c3ccncc3)c(=O)[nH]2)cc1. The van der Waals surface area contributed by atoms with Crippen molar-refractivity contribution in [2.24, 2.45) is 0 Å². The Labute approximate surface area is 182 Å². The maximum atomic E-state index is 12.9. The van der Waals surface area contributed by atoms with Crippen LogP contribution in [0.1, 0.15) is 50.4 Å². The molecule has 3 aromatic rings. The van der Waals surface area contributed by atoms with Gasteiger partial charge >= 0.3 is 0 Å². The monoisotopic (exact) mass is 413 g/mol. The maximum Gasteiger partial charge on any atom is 0.256 e. The number of rotatable bonds is 4. The number of nitrogens with zero attached hydrogens (tertiary/aromatic N) is 1. The van der Waals surface area contributed by atoms with Crippen molar-refractivity contribution in [3.05, 3.63) is 94.2 Å². The van der Waals surface area contributed by atoms with Crippen molar-refractivity contribution in [3.8, 4) is 11.1 Å². The number of H-pyrrole nitrogens is 1. The molecular weight excluding hydrogens is 386 g/mol. The zero-order chi connectivity index (χ0) is 22.0. The zero-order valence-electron chi connectivity index (χ0n) is 18.1. The molecule has 3 heterocycles. The van der Waals surface area contributed by atoms with Crippen molar-refractivity contribution in [3.63, 3.8) is 0 Å². The number of aromatic nitrogens is 2. The average Bonchev–Trinajstić information content (AvgIpc) is 3.17. The lowest BCUT2D eigenvalue weighted by Crippen LogP contribution is -2.23. The van der Waals surface area contributed by atoms with E-state index in [1.807, 2.05) is 30.3 Å². The van der Waals surface area contributed by atoms with Crippen LogP contribution in [0, 0.1) is 0 Å². The number of pyridine rings is 2. The first-order chi connectivity index (χ1) is 14.8. The number of amides is 1. The van der Waals surface area contributed by atoms with Gasteiger partial charge in [-0.05, 0) is 52.8 Å². The number of hydrogen-bond acceptors (Lipinski definition) is 3. The molecule has 1 aliphatic rings. The second kappa shape index (κ2) is 8.34. The third-order valence-corrected chi connectivity index (χ3v) is 5.65. The summed E-state index contributed by atoms with van der Waals surface area (Å²) in [5.74, 6) is 0.0604. The van der Waals surface area contributed by atoms with Gasteiger partial charge in [0, 0.05) is 41.7 Å². The van der Waals surface area contributed by atoms with Gasteiger partial charge in [0.05, 0.1) is 0 Å².